The van der Waals surface area contributed by atoms with Gasteiger partial charge in [-0.2, -0.15) is 0 Å². The third kappa shape index (κ3) is 4.24. The number of aliphatic hydroxyl groups excluding tert-OH is 1. The summed E-state index contributed by atoms with van der Waals surface area (Å²) < 4.78 is 0. The van der Waals surface area contributed by atoms with Crippen LogP contribution in [0.1, 0.15) is 20.3 Å². The first-order chi connectivity index (χ1) is 7.49. The molecule has 1 rings (SSSR count). The number of nitrogens with zero attached hydrogens (tertiary/aromatic N) is 1. The number of nitrogens with two attached hydrogens (primary N) is 1. The van der Waals surface area contributed by atoms with E-state index in [2.05, 4.69) is 24.1 Å². The maximum absolute atomic E-state index is 9.68. The van der Waals surface area contributed by atoms with Crippen molar-refractivity contribution in [2.45, 2.75) is 26.4 Å². The second kappa shape index (κ2) is 5.92. The number of aromatic nitrogens is 1. The Morgan fingerprint density at radius 1 is 1.50 bits per heavy atom. The number of hydrogen-bond acceptors (Lipinski definition) is 4. The summed E-state index contributed by atoms with van der Waals surface area (Å²) in [6, 6.07) is 3.32. The van der Waals surface area contributed by atoms with Crippen molar-refractivity contribution < 1.29 is 5.11 Å². The van der Waals surface area contributed by atoms with Crippen molar-refractivity contribution in [1.82, 2.24) is 4.98 Å². The Labute approximate surface area is 101 Å². The van der Waals surface area contributed by atoms with Crippen LogP contribution in [0.25, 0.3) is 0 Å². The molecule has 4 N–H and O–H groups in total. The summed E-state index contributed by atoms with van der Waals surface area (Å²) in [6.07, 6.45) is 0.341. The lowest BCUT2D eigenvalue weighted by Crippen LogP contribution is -2.22. The molecule has 0 aliphatic carbocycles. The van der Waals surface area contributed by atoms with E-state index in [1.54, 1.807) is 12.1 Å². The molecule has 1 heterocycles. The number of hydrogen-bond donors (Lipinski definition) is 3. The van der Waals surface area contributed by atoms with Crippen LogP contribution in [0.5, 0.6) is 0 Å². The van der Waals surface area contributed by atoms with E-state index in [1.165, 1.54) is 0 Å². The maximum Gasteiger partial charge on any atom is 0.151 e. The second-order valence-electron chi connectivity index (χ2n) is 4.24. The lowest BCUT2D eigenvalue weighted by Gasteiger charge is -2.15. The molecule has 0 aromatic carbocycles. The Hall–Kier alpha value is -1.00. The van der Waals surface area contributed by atoms with Gasteiger partial charge in [0.15, 0.2) is 5.82 Å². The Kier molecular flexibility index (Phi) is 4.83. The summed E-state index contributed by atoms with van der Waals surface area (Å²) in [7, 11) is 0. The zero-order valence-corrected chi connectivity index (χ0v) is 10.3. The highest BCUT2D eigenvalue weighted by atomic mass is 35.5. The maximum atomic E-state index is 9.68. The van der Waals surface area contributed by atoms with Crippen molar-refractivity contribution in [3.63, 3.8) is 0 Å². The first-order valence-corrected chi connectivity index (χ1v) is 5.70. The lowest BCUT2D eigenvalue weighted by molar-refractivity contribution is 0.161. The molecule has 0 saturated heterocycles. The second-order valence-corrected chi connectivity index (χ2v) is 4.62. The van der Waals surface area contributed by atoms with Gasteiger partial charge in [0, 0.05) is 6.54 Å². The molecule has 1 aromatic rings. The SMILES string of the molecule is CC(C)CC(O)CNc1nc(Cl)ccc1N. The minimum Gasteiger partial charge on any atom is -0.396 e. The van der Waals surface area contributed by atoms with E-state index in [-0.39, 0.29) is 0 Å². The van der Waals surface area contributed by atoms with Gasteiger partial charge >= 0.3 is 0 Å². The van der Waals surface area contributed by atoms with Crippen molar-refractivity contribution >= 4 is 23.1 Å². The number of pyridine rings is 1. The van der Waals surface area contributed by atoms with Crippen LogP contribution in [-0.4, -0.2) is 22.7 Å². The highest BCUT2D eigenvalue weighted by molar-refractivity contribution is 6.29. The smallest absolute Gasteiger partial charge is 0.151 e. The van der Waals surface area contributed by atoms with Crippen LogP contribution in [0.15, 0.2) is 12.1 Å². The molecular weight excluding hydrogens is 226 g/mol. The van der Waals surface area contributed by atoms with Crippen molar-refractivity contribution in [3.05, 3.63) is 17.3 Å². The third-order valence-electron chi connectivity index (χ3n) is 2.14. The van der Waals surface area contributed by atoms with Crippen LogP contribution in [0, 0.1) is 5.92 Å². The number of aliphatic hydroxyl groups is 1. The van der Waals surface area contributed by atoms with Gasteiger partial charge < -0.3 is 16.2 Å². The molecular formula is C11H18ClN3O. The van der Waals surface area contributed by atoms with Crippen LogP contribution in [-0.2, 0) is 0 Å². The van der Waals surface area contributed by atoms with E-state index in [0.717, 1.165) is 6.42 Å². The lowest BCUT2D eigenvalue weighted by atomic mass is 10.1. The van der Waals surface area contributed by atoms with Gasteiger partial charge in [-0.25, -0.2) is 4.98 Å². The van der Waals surface area contributed by atoms with E-state index in [4.69, 9.17) is 17.3 Å². The van der Waals surface area contributed by atoms with E-state index in [0.29, 0.717) is 29.1 Å². The van der Waals surface area contributed by atoms with Gasteiger partial charge in [0.25, 0.3) is 0 Å². The van der Waals surface area contributed by atoms with E-state index in [9.17, 15) is 5.11 Å². The molecule has 0 saturated carbocycles. The number of halogens is 1. The molecule has 0 spiro atoms. The monoisotopic (exact) mass is 243 g/mol. The summed E-state index contributed by atoms with van der Waals surface area (Å²) in [5.74, 6) is 0.983. The zero-order chi connectivity index (χ0) is 12.1. The molecule has 1 unspecified atom stereocenters. The van der Waals surface area contributed by atoms with Crippen molar-refractivity contribution in [1.29, 1.82) is 0 Å². The summed E-state index contributed by atoms with van der Waals surface area (Å²) >= 11 is 5.75. The first-order valence-electron chi connectivity index (χ1n) is 5.33. The summed E-state index contributed by atoms with van der Waals surface area (Å²) in [5, 5.41) is 13.0. The molecule has 0 aliphatic heterocycles. The predicted molar refractivity (Wildman–Crippen MR) is 67.6 cm³/mol. The first kappa shape index (κ1) is 13.1. The largest absolute Gasteiger partial charge is 0.396 e. The number of nitrogens with one attached hydrogen (secondary N) is 1. The minimum atomic E-state index is -0.403. The molecule has 0 amide bonds. The minimum absolute atomic E-state index is 0.384. The molecule has 5 heteroatoms. The van der Waals surface area contributed by atoms with Crippen LogP contribution in [0.4, 0.5) is 11.5 Å². The molecule has 0 fully saturated rings. The van der Waals surface area contributed by atoms with Gasteiger partial charge in [-0.05, 0) is 24.5 Å². The molecule has 0 radical (unpaired) electrons. The summed E-state index contributed by atoms with van der Waals surface area (Å²) in [5.41, 5.74) is 6.24. The quantitative estimate of drug-likeness (QED) is 0.693. The molecule has 16 heavy (non-hydrogen) atoms. The van der Waals surface area contributed by atoms with Gasteiger partial charge in [-0.1, -0.05) is 25.4 Å². The highest BCUT2D eigenvalue weighted by Crippen LogP contribution is 2.18. The van der Waals surface area contributed by atoms with Gasteiger partial charge in [0.1, 0.15) is 5.15 Å². The van der Waals surface area contributed by atoms with Crippen LogP contribution in [0.3, 0.4) is 0 Å². The fraction of sp³-hybridized carbons (Fsp3) is 0.545. The Morgan fingerprint density at radius 2 is 2.19 bits per heavy atom. The Morgan fingerprint density at radius 3 is 2.81 bits per heavy atom. The van der Waals surface area contributed by atoms with Crippen LogP contribution >= 0.6 is 11.6 Å². The predicted octanol–water partition coefficient (Wildman–Crippen LogP) is 2.14. The van der Waals surface area contributed by atoms with Gasteiger partial charge in [0.2, 0.25) is 0 Å². The average molecular weight is 244 g/mol. The van der Waals surface area contributed by atoms with E-state index < -0.39 is 6.10 Å². The highest BCUT2D eigenvalue weighted by Gasteiger charge is 2.08. The Bertz CT molecular complexity index is 344. The summed E-state index contributed by atoms with van der Waals surface area (Å²) in [4.78, 5) is 4.04. The van der Waals surface area contributed by atoms with Gasteiger partial charge in [0.05, 0.1) is 11.8 Å². The molecule has 0 bridgehead atoms. The van der Waals surface area contributed by atoms with Crippen molar-refractivity contribution in [3.8, 4) is 0 Å². The number of anilines is 2. The van der Waals surface area contributed by atoms with E-state index in [1.807, 2.05) is 0 Å². The fourth-order valence-corrected chi connectivity index (χ4v) is 1.58. The molecule has 1 atom stereocenters. The van der Waals surface area contributed by atoms with Crippen LogP contribution in [0.2, 0.25) is 5.15 Å². The molecule has 4 nitrogen and oxygen atoms in total. The number of rotatable bonds is 5. The molecule has 0 aliphatic rings. The van der Waals surface area contributed by atoms with Crippen molar-refractivity contribution in [2.24, 2.45) is 5.92 Å². The topological polar surface area (TPSA) is 71.2 Å². The molecule has 90 valence electrons. The fourth-order valence-electron chi connectivity index (χ4n) is 1.43. The van der Waals surface area contributed by atoms with Gasteiger partial charge in [-0.3, -0.25) is 0 Å². The third-order valence-corrected chi connectivity index (χ3v) is 2.35. The summed E-state index contributed by atoms with van der Waals surface area (Å²) in [6.45, 7) is 4.56. The average Bonchev–Trinajstić information content (AvgIpc) is 2.18. The van der Waals surface area contributed by atoms with Crippen molar-refractivity contribution in [2.75, 3.05) is 17.6 Å². The zero-order valence-electron chi connectivity index (χ0n) is 9.57. The normalized spacial score (nSPS) is 12.8. The van der Waals surface area contributed by atoms with E-state index >= 15 is 0 Å². The number of nitrogen functional groups attached to an aromatic ring is 1. The standard InChI is InChI=1S/C11H18ClN3O/c1-7(2)5-8(16)6-14-11-9(13)3-4-10(12)15-11/h3-4,7-8,16H,5-6,13H2,1-2H3,(H,14,15). The molecule has 1 aromatic heterocycles. The van der Waals surface area contributed by atoms with Crippen LogP contribution < -0.4 is 11.1 Å². The Balaban J connectivity index is 2.51. The van der Waals surface area contributed by atoms with Gasteiger partial charge in [-0.15, -0.1) is 0 Å².